The normalized spacial score (nSPS) is 14.1. The quantitative estimate of drug-likeness (QED) is 0.224. The van der Waals surface area contributed by atoms with E-state index in [4.69, 9.17) is 40.6 Å². The predicted molar refractivity (Wildman–Crippen MR) is 155 cm³/mol. The molecule has 0 aromatic heterocycles. The largest absolute Gasteiger partial charge is 0.330 e. The number of nitrogens with zero attached hydrogens (tertiary/aromatic N) is 2. The number of para-hydroxylation sites is 1. The summed E-state index contributed by atoms with van der Waals surface area (Å²) in [5.74, 6) is -0.405. The van der Waals surface area contributed by atoms with E-state index in [9.17, 15) is 13.2 Å². The Kier molecular flexibility index (Phi) is 7.08. The Morgan fingerprint density at radius 3 is 2.50 bits per heavy atom. The van der Waals surface area contributed by atoms with Crippen molar-refractivity contribution in [1.29, 1.82) is 0 Å². The van der Waals surface area contributed by atoms with Gasteiger partial charge < -0.3 is 10.2 Å². The molecule has 0 fully saturated rings. The molecule has 0 spiro atoms. The van der Waals surface area contributed by atoms with Gasteiger partial charge in [0.15, 0.2) is 10.8 Å². The zero-order valence-electron chi connectivity index (χ0n) is 19.5. The zero-order valence-corrected chi connectivity index (χ0v) is 22.6. The number of carbonyl (C=O) groups excluding carboxylic acids is 1. The van der Waals surface area contributed by atoms with Crippen LogP contribution in [0.1, 0.15) is 11.1 Å². The minimum absolute atomic E-state index is 0.0496. The number of nitrogens with two attached hydrogens (primary N) is 1. The number of amides is 1. The number of hydrogen-bond acceptors (Lipinski definition) is 5. The molecule has 0 radical (unpaired) electrons. The summed E-state index contributed by atoms with van der Waals surface area (Å²) in [6, 6.07) is 23.0. The third-order valence-corrected chi connectivity index (χ3v) is 7.59. The molecule has 0 aliphatic carbocycles. The smallest absolute Gasteiger partial charge is 0.279 e. The number of primary sulfonamides is 1. The summed E-state index contributed by atoms with van der Waals surface area (Å²) in [5, 5.41) is 14.9. The van der Waals surface area contributed by atoms with Crippen molar-refractivity contribution in [3.05, 3.63) is 100 Å². The van der Waals surface area contributed by atoms with Crippen molar-refractivity contribution in [1.82, 2.24) is 5.43 Å². The Bertz CT molecular complexity index is 1750. The standard InChI is InChI=1S/C26H19Cl2N5O3S2/c27-17-12-19-23(31-32-26(37)30-21-10-3-4-11-22(21)38(29,35)36)25(34)33(24(19)20(28)13-17)14-16-8-5-7-15-6-1-2-9-18(15)16/h1-13H,14H2,(H2,29,35,36)(H2,30,32,37). The second kappa shape index (κ2) is 10.3. The highest BCUT2D eigenvalue weighted by Crippen LogP contribution is 2.40. The summed E-state index contributed by atoms with van der Waals surface area (Å²) in [7, 11) is -4.00. The van der Waals surface area contributed by atoms with Crippen molar-refractivity contribution in [2.75, 3.05) is 10.2 Å². The highest BCUT2D eigenvalue weighted by atomic mass is 35.5. The van der Waals surface area contributed by atoms with Crippen molar-refractivity contribution in [3.8, 4) is 0 Å². The second-order valence-electron chi connectivity index (χ2n) is 8.38. The molecule has 4 aromatic rings. The summed E-state index contributed by atoms with van der Waals surface area (Å²) in [5.41, 5.74) is 4.67. The van der Waals surface area contributed by atoms with Crippen LogP contribution in [0.3, 0.4) is 0 Å². The molecular weight excluding hydrogens is 565 g/mol. The molecule has 0 atom stereocenters. The van der Waals surface area contributed by atoms with Crippen LogP contribution in [0.25, 0.3) is 10.8 Å². The van der Waals surface area contributed by atoms with Gasteiger partial charge in [0.1, 0.15) is 4.90 Å². The van der Waals surface area contributed by atoms with E-state index in [2.05, 4.69) is 15.8 Å². The van der Waals surface area contributed by atoms with Gasteiger partial charge in [0.05, 0.1) is 22.9 Å². The average molecular weight is 585 g/mol. The topological polar surface area (TPSA) is 117 Å². The van der Waals surface area contributed by atoms with Gasteiger partial charge in [-0.3, -0.25) is 10.2 Å². The number of carbonyl (C=O) groups is 1. The molecule has 1 amide bonds. The van der Waals surface area contributed by atoms with Crippen LogP contribution in [0.4, 0.5) is 11.4 Å². The molecule has 4 aromatic carbocycles. The van der Waals surface area contributed by atoms with Crippen LogP contribution < -0.4 is 20.8 Å². The minimum atomic E-state index is -4.00. The lowest BCUT2D eigenvalue weighted by molar-refractivity contribution is -0.112. The lowest BCUT2D eigenvalue weighted by Gasteiger charge is -2.19. The highest BCUT2D eigenvalue weighted by molar-refractivity contribution is 7.89. The molecular formula is C26H19Cl2N5O3S2. The number of halogens is 2. The van der Waals surface area contributed by atoms with Gasteiger partial charge in [0.25, 0.3) is 5.91 Å². The first kappa shape index (κ1) is 26.1. The maximum atomic E-state index is 13.6. The number of sulfonamides is 1. The number of fused-ring (bicyclic) bond motifs is 2. The summed E-state index contributed by atoms with van der Waals surface area (Å²) in [4.78, 5) is 15.0. The molecule has 38 heavy (non-hydrogen) atoms. The Labute approximate surface area is 234 Å². The van der Waals surface area contributed by atoms with E-state index >= 15 is 0 Å². The maximum Gasteiger partial charge on any atom is 0.279 e. The van der Waals surface area contributed by atoms with Crippen molar-refractivity contribution < 1.29 is 13.2 Å². The lowest BCUT2D eigenvalue weighted by atomic mass is 10.0. The van der Waals surface area contributed by atoms with Gasteiger partial charge in [0, 0.05) is 10.6 Å². The number of rotatable bonds is 5. The molecule has 4 N–H and O–H groups in total. The van der Waals surface area contributed by atoms with Gasteiger partial charge in [0.2, 0.25) is 10.0 Å². The molecule has 192 valence electrons. The van der Waals surface area contributed by atoms with E-state index in [0.717, 1.165) is 16.3 Å². The highest BCUT2D eigenvalue weighted by Gasteiger charge is 2.37. The molecule has 1 aliphatic rings. The number of hydrazone groups is 1. The van der Waals surface area contributed by atoms with Crippen LogP contribution in [0, 0.1) is 0 Å². The fourth-order valence-electron chi connectivity index (χ4n) is 4.30. The third kappa shape index (κ3) is 5.09. The van der Waals surface area contributed by atoms with E-state index in [-0.39, 0.29) is 28.0 Å². The van der Waals surface area contributed by atoms with Gasteiger partial charge in [-0.2, -0.15) is 5.10 Å². The van der Waals surface area contributed by atoms with Crippen LogP contribution in [0.5, 0.6) is 0 Å². The lowest BCUT2D eigenvalue weighted by Crippen LogP contribution is -2.32. The first-order chi connectivity index (χ1) is 18.1. The van der Waals surface area contributed by atoms with Gasteiger partial charge in [-0.25, -0.2) is 13.6 Å². The van der Waals surface area contributed by atoms with Crippen LogP contribution in [-0.2, 0) is 21.4 Å². The van der Waals surface area contributed by atoms with Crippen LogP contribution in [-0.4, -0.2) is 25.1 Å². The number of hydrogen-bond donors (Lipinski definition) is 3. The molecule has 8 nitrogen and oxygen atoms in total. The first-order valence-corrected chi connectivity index (χ1v) is 13.9. The summed E-state index contributed by atoms with van der Waals surface area (Å²) in [6.07, 6.45) is 0. The molecule has 12 heteroatoms. The number of benzene rings is 4. The van der Waals surface area contributed by atoms with E-state index in [0.29, 0.717) is 21.3 Å². The first-order valence-electron chi connectivity index (χ1n) is 11.2. The fourth-order valence-corrected chi connectivity index (χ4v) is 5.74. The molecule has 5 rings (SSSR count). The van der Waals surface area contributed by atoms with Crippen LogP contribution in [0.15, 0.2) is 88.9 Å². The molecule has 0 saturated heterocycles. The van der Waals surface area contributed by atoms with E-state index < -0.39 is 15.9 Å². The van der Waals surface area contributed by atoms with E-state index in [1.807, 2.05) is 42.5 Å². The summed E-state index contributed by atoms with van der Waals surface area (Å²) in [6.45, 7) is 0.248. The van der Waals surface area contributed by atoms with E-state index in [1.165, 1.54) is 18.2 Å². The molecule has 0 bridgehead atoms. The molecule has 1 heterocycles. The van der Waals surface area contributed by atoms with Crippen molar-refractivity contribution in [2.24, 2.45) is 10.2 Å². The Hall–Kier alpha value is -3.54. The number of anilines is 2. The zero-order chi connectivity index (χ0) is 27.0. The fraction of sp³-hybridized carbons (Fsp3) is 0.0385. The van der Waals surface area contributed by atoms with Gasteiger partial charge in [-0.05, 0) is 52.8 Å². The van der Waals surface area contributed by atoms with Crippen LogP contribution >= 0.6 is 35.4 Å². The Balaban J connectivity index is 1.47. The second-order valence-corrected chi connectivity index (χ2v) is 11.2. The maximum absolute atomic E-state index is 13.6. The number of thiocarbonyl (C=S) groups is 1. The van der Waals surface area contributed by atoms with Crippen molar-refractivity contribution >= 4 is 84.3 Å². The summed E-state index contributed by atoms with van der Waals surface area (Å²) >= 11 is 18.1. The average Bonchev–Trinajstić information content (AvgIpc) is 3.13. The Morgan fingerprint density at radius 2 is 1.71 bits per heavy atom. The predicted octanol–water partition coefficient (Wildman–Crippen LogP) is 5.03. The van der Waals surface area contributed by atoms with Crippen molar-refractivity contribution in [2.45, 2.75) is 11.4 Å². The van der Waals surface area contributed by atoms with Gasteiger partial charge in [-0.1, -0.05) is 77.8 Å². The SMILES string of the molecule is NS(=O)(=O)c1ccccc1NC(=S)NN=C1C(=O)N(Cc2cccc3ccccc23)c2c(Cl)cc(Cl)cc21. The number of nitrogens with one attached hydrogen (secondary N) is 2. The third-order valence-electron chi connectivity index (χ3n) is 5.92. The minimum Gasteiger partial charge on any atom is -0.330 e. The Morgan fingerprint density at radius 1 is 1.00 bits per heavy atom. The van der Waals surface area contributed by atoms with Crippen LogP contribution in [0.2, 0.25) is 10.0 Å². The van der Waals surface area contributed by atoms with Gasteiger partial charge in [-0.15, -0.1) is 0 Å². The molecule has 0 unspecified atom stereocenters. The molecule has 1 aliphatic heterocycles. The van der Waals surface area contributed by atoms with Crippen molar-refractivity contribution in [3.63, 3.8) is 0 Å². The van der Waals surface area contributed by atoms with E-state index in [1.54, 1.807) is 23.1 Å². The molecule has 0 saturated carbocycles. The monoisotopic (exact) mass is 583 g/mol. The summed E-state index contributed by atoms with van der Waals surface area (Å²) < 4.78 is 23.8. The van der Waals surface area contributed by atoms with Gasteiger partial charge >= 0.3 is 0 Å².